The van der Waals surface area contributed by atoms with Crippen molar-refractivity contribution in [1.29, 1.82) is 0 Å². The summed E-state index contributed by atoms with van der Waals surface area (Å²) in [4.78, 5) is 5.43. The van der Waals surface area contributed by atoms with Gasteiger partial charge in [0.1, 0.15) is 0 Å². The van der Waals surface area contributed by atoms with E-state index in [1.165, 1.54) is 44.9 Å². The summed E-state index contributed by atoms with van der Waals surface area (Å²) in [7, 11) is 0. The molecule has 1 aliphatic rings. The summed E-state index contributed by atoms with van der Waals surface area (Å²) < 4.78 is 0. The monoisotopic (exact) mass is 304 g/mol. The van der Waals surface area contributed by atoms with E-state index >= 15 is 0 Å². The van der Waals surface area contributed by atoms with Crippen LogP contribution in [0, 0.1) is 11.8 Å². The van der Waals surface area contributed by atoms with Crippen molar-refractivity contribution < 1.29 is 0 Å². The molecule has 4 heteroatoms. The smallest absolute Gasteiger partial charge is 0.0716 e. The van der Waals surface area contributed by atoms with E-state index in [4.69, 9.17) is 5.53 Å². The van der Waals surface area contributed by atoms with Gasteiger partial charge in [0.2, 0.25) is 0 Å². The van der Waals surface area contributed by atoms with Gasteiger partial charge in [-0.1, -0.05) is 57.0 Å². The molecule has 0 aromatic heterocycles. The van der Waals surface area contributed by atoms with Crippen LogP contribution in [-0.2, 0) is 0 Å². The largest absolute Gasteiger partial charge is 0.287 e. The predicted octanol–water partition coefficient (Wildman–Crippen LogP) is 5.29. The van der Waals surface area contributed by atoms with E-state index in [1.54, 1.807) is 0 Å². The number of hydrogen-bond donors (Lipinski definition) is 0. The van der Waals surface area contributed by atoms with Crippen LogP contribution in [0.25, 0.3) is 10.4 Å². The van der Waals surface area contributed by atoms with Gasteiger partial charge in [-0.15, -0.1) is 5.92 Å². The van der Waals surface area contributed by atoms with Gasteiger partial charge in [0.15, 0.2) is 0 Å². The molecular formula is C18H32N4. The number of nitrogens with zero attached hydrogens (tertiary/aromatic N) is 4. The molecule has 1 saturated heterocycles. The molecule has 0 saturated carbocycles. The molecule has 0 aliphatic carbocycles. The van der Waals surface area contributed by atoms with Crippen molar-refractivity contribution in [3.8, 4) is 11.8 Å². The van der Waals surface area contributed by atoms with Crippen molar-refractivity contribution in [1.82, 2.24) is 4.90 Å². The second-order valence-corrected chi connectivity index (χ2v) is 6.24. The Balaban J connectivity index is 2.60. The molecule has 4 nitrogen and oxygen atoms in total. The number of rotatable bonds is 10. The molecule has 1 aliphatic heterocycles. The number of azide groups is 1. The normalized spacial score (nSPS) is 19.3. The van der Waals surface area contributed by atoms with Crippen LogP contribution in [0.2, 0.25) is 0 Å². The average molecular weight is 304 g/mol. The summed E-state index contributed by atoms with van der Waals surface area (Å²) in [6.07, 6.45) is 12.1. The molecule has 0 radical (unpaired) electrons. The van der Waals surface area contributed by atoms with Crippen molar-refractivity contribution in [3.05, 3.63) is 10.4 Å². The van der Waals surface area contributed by atoms with Gasteiger partial charge in [-0.05, 0) is 37.8 Å². The molecule has 0 amide bonds. The highest BCUT2D eigenvalue weighted by Gasteiger charge is 2.28. The van der Waals surface area contributed by atoms with Crippen LogP contribution in [0.15, 0.2) is 5.11 Å². The summed E-state index contributed by atoms with van der Waals surface area (Å²) in [6, 6.07) is 0.752. The van der Waals surface area contributed by atoms with Gasteiger partial charge < -0.3 is 0 Å². The first-order valence-corrected chi connectivity index (χ1v) is 9.08. The van der Waals surface area contributed by atoms with Crippen LogP contribution in [-0.4, -0.2) is 30.1 Å². The van der Waals surface area contributed by atoms with Crippen LogP contribution in [0.5, 0.6) is 0 Å². The zero-order valence-electron chi connectivity index (χ0n) is 14.4. The van der Waals surface area contributed by atoms with Gasteiger partial charge in [-0.25, -0.2) is 0 Å². The first-order valence-electron chi connectivity index (χ1n) is 9.08. The number of hydrogen-bond acceptors (Lipinski definition) is 2. The van der Waals surface area contributed by atoms with Gasteiger partial charge >= 0.3 is 0 Å². The Labute approximate surface area is 136 Å². The first kappa shape index (κ1) is 18.9. The lowest BCUT2D eigenvalue weighted by Gasteiger charge is -2.29. The van der Waals surface area contributed by atoms with E-state index in [-0.39, 0.29) is 0 Å². The van der Waals surface area contributed by atoms with E-state index in [0.29, 0.717) is 18.6 Å². The molecule has 2 atom stereocenters. The van der Waals surface area contributed by atoms with Gasteiger partial charge in [-0.3, -0.25) is 4.90 Å². The van der Waals surface area contributed by atoms with E-state index in [1.807, 2.05) is 0 Å². The van der Waals surface area contributed by atoms with Crippen LogP contribution < -0.4 is 0 Å². The van der Waals surface area contributed by atoms with Gasteiger partial charge in [0.25, 0.3) is 0 Å². The first-order chi connectivity index (χ1) is 10.8. The second-order valence-electron chi connectivity index (χ2n) is 6.24. The fraction of sp³-hybridized carbons (Fsp3) is 0.889. The third-order valence-electron chi connectivity index (χ3n) is 4.43. The van der Waals surface area contributed by atoms with Crippen molar-refractivity contribution in [2.45, 2.75) is 90.1 Å². The van der Waals surface area contributed by atoms with Crippen molar-refractivity contribution >= 4 is 0 Å². The Bertz CT molecular complexity index is 390. The summed E-state index contributed by atoms with van der Waals surface area (Å²) in [5, 5.41) is 3.80. The van der Waals surface area contributed by atoms with Crippen LogP contribution >= 0.6 is 0 Å². The van der Waals surface area contributed by atoms with Crippen LogP contribution in [0.4, 0.5) is 0 Å². The maximum absolute atomic E-state index is 8.56. The third-order valence-corrected chi connectivity index (χ3v) is 4.43. The molecule has 1 fully saturated rings. The van der Waals surface area contributed by atoms with E-state index in [2.05, 4.69) is 40.6 Å². The minimum absolute atomic E-state index is 0.357. The van der Waals surface area contributed by atoms with Crippen LogP contribution in [0.3, 0.4) is 0 Å². The van der Waals surface area contributed by atoms with Crippen molar-refractivity contribution in [2.75, 3.05) is 13.1 Å². The lowest BCUT2D eigenvalue weighted by Crippen LogP contribution is -2.39. The SMILES string of the molecule is CCCCC#C[C@H](CCCCCC)N1CCC[C@H]1CN=[N+]=[N-]. The Morgan fingerprint density at radius 2 is 2.05 bits per heavy atom. The lowest BCUT2D eigenvalue weighted by molar-refractivity contribution is 0.209. The second kappa shape index (κ2) is 12.4. The molecule has 1 rings (SSSR count). The quantitative estimate of drug-likeness (QED) is 0.178. The molecule has 124 valence electrons. The lowest BCUT2D eigenvalue weighted by atomic mass is 10.0. The minimum atomic E-state index is 0.357. The highest BCUT2D eigenvalue weighted by molar-refractivity contribution is 5.10. The summed E-state index contributed by atoms with van der Waals surface area (Å²) in [5.41, 5.74) is 8.56. The van der Waals surface area contributed by atoms with Crippen LogP contribution in [0.1, 0.15) is 78.1 Å². The Morgan fingerprint density at radius 3 is 2.77 bits per heavy atom. The molecule has 1 heterocycles. The summed E-state index contributed by atoms with van der Waals surface area (Å²) in [5.74, 6) is 6.91. The number of unbranched alkanes of at least 4 members (excludes halogenated alkanes) is 5. The van der Waals surface area contributed by atoms with Crippen molar-refractivity contribution in [3.63, 3.8) is 0 Å². The van der Waals surface area contributed by atoms with Gasteiger partial charge in [0.05, 0.1) is 6.04 Å². The molecular weight excluding hydrogens is 272 g/mol. The number of likely N-dealkylation sites (tertiary alicyclic amines) is 1. The van der Waals surface area contributed by atoms with Gasteiger partial charge in [0, 0.05) is 23.9 Å². The fourth-order valence-electron chi connectivity index (χ4n) is 3.14. The van der Waals surface area contributed by atoms with Gasteiger partial charge in [-0.2, -0.15) is 0 Å². The zero-order valence-corrected chi connectivity index (χ0v) is 14.4. The highest BCUT2D eigenvalue weighted by Crippen LogP contribution is 2.23. The molecule has 0 aromatic carbocycles. The predicted molar refractivity (Wildman–Crippen MR) is 93.6 cm³/mol. The fourth-order valence-corrected chi connectivity index (χ4v) is 3.14. The molecule has 0 bridgehead atoms. The molecule has 22 heavy (non-hydrogen) atoms. The third kappa shape index (κ3) is 7.20. The minimum Gasteiger partial charge on any atom is -0.287 e. The zero-order chi connectivity index (χ0) is 16.0. The standard InChI is InChI=1S/C18H32N4/c1-3-5-7-9-12-17(13-10-8-6-4-2)22-15-11-14-18(22)16-20-21-19/h17-18H,3-9,11-12,14-16H2,1-2H3/t17-,18-/m0/s1. The highest BCUT2D eigenvalue weighted by atomic mass is 15.2. The maximum atomic E-state index is 8.56. The Hall–Kier alpha value is -1.17. The Morgan fingerprint density at radius 1 is 1.23 bits per heavy atom. The topological polar surface area (TPSA) is 52.0 Å². The van der Waals surface area contributed by atoms with E-state index in [0.717, 1.165) is 25.8 Å². The van der Waals surface area contributed by atoms with E-state index in [9.17, 15) is 0 Å². The van der Waals surface area contributed by atoms with E-state index < -0.39 is 0 Å². The molecule has 0 spiro atoms. The summed E-state index contributed by atoms with van der Waals surface area (Å²) in [6.45, 7) is 6.16. The average Bonchev–Trinajstić information content (AvgIpc) is 2.99. The molecule has 0 aromatic rings. The van der Waals surface area contributed by atoms with Crippen molar-refractivity contribution in [2.24, 2.45) is 5.11 Å². The maximum Gasteiger partial charge on any atom is 0.0716 e. The summed E-state index contributed by atoms with van der Waals surface area (Å²) >= 11 is 0. The Kier molecular flexibility index (Phi) is 10.6. The molecule has 0 N–H and O–H groups in total. The molecule has 0 unspecified atom stereocenters.